The van der Waals surface area contributed by atoms with Crippen LogP contribution in [0.25, 0.3) is 0 Å². The Labute approximate surface area is 75.3 Å². The van der Waals surface area contributed by atoms with Gasteiger partial charge in [-0.1, -0.05) is 20.4 Å². The van der Waals surface area contributed by atoms with Gasteiger partial charge >= 0.3 is 0 Å². The first-order chi connectivity index (χ1) is 5.13. The lowest BCUT2D eigenvalue weighted by Crippen LogP contribution is -2.41. The maximum absolute atomic E-state index is 3.73. The van der Waals surface area contributed by atoms with E-state index in [9.17, 15) is 0 Å². The van der Waals surface area contributed by atoms with Gasteiger partial charge < -0.3 is 4.57 Å². The molecule has 0 aromatic heterocycles. The maximum Gasteiger partial charge on any atom is 0.132 e. The van der Waals surface area contributed by atoms with Crippen LogP contribution in [0.15, 0.2) is 0 Å². The summed E-state index contributed by atoms with van der Waals surface area (Å²) in [5.74, 6) is 0. The van der Waals surface area contributed by atoms with Crippen molar-refractivity contribution in [2.45, 2.75) is 44.4 Å². The van der Waals surface area contributed by atoms with Crippen LogP contribution in [-0.4, -0.2) is 36.4 Å². The molecule has 0 bridgehead atoms. The normalized spacial score (nSPS) is 29.7. The Bertz CT molecular complexity index is 127. The summed E-state index contributed by atoms with van der Waals surface area (Å²) in [5.41, 5.74) is 0. The second kappa shape index (κ2) is 3.87. The summed E-state index contributed by atoms with van der Waals surface area (Å²) >= 11 is 0. The van der Waals surface area contributed by atoms with Gasteiger partial charge in [-0.25, -0.2) is 0 Å². The molecule has 1 heterocycles. The van der Waals surface area contributed by atoms with Gasteiger partial charge in [-0.05, 0) is 24.6 Å². The number of hydrogen-bond acceptors (Lipinski definition) is 1. The number of hydrogen-bond donors (Lipinski definition) is 0. The summed E-state index contributed by atoms with van der Waals surface area (Å²) in [6.45, 7) is 8.37. The molecule has 3 heteroatoms. The number of rotatable bonds is 2. The first-order valence-electron chi connectivity index (χ1n) is 4.44. The SMILES string of the molecule is CC1CCCN1[Si](C)C(C)[Si]. The molecule has 0 spiro atoms. The molecule has 11 heavy (non-hydrogen) atoms. The Balaban J connectivity index is 2.45. The van der Waals surface area contributed by atoms with Gasteiger partial charge in [0.15, 0.2) is 0 Å². The predicted octanol–water partition coefficient (Wildman–Crippen LogP) is 1.61. The molecule has 1 fully saturated rings. The topological polar surface area (TPSA) is 3.24 Å². The van der Waals surface area contributed by atoms with Crippen LogP contribution in [0.4, 0.5) is 0 Å². The summed E-state index contributed by atoms with van der Waals surface area (Å²) in [4.78, 5) is 0. The molecule has 0 amide bonds. The van der Waals surface area contributed by atoms with Crippen molar-refractivity contribution in [3.05, 3.63) is 0 Å². The molecular weight excluding hydrogens is 166 g/mol. The van der Waals surface area contributed by atoms with Crippen molar-refractivity contribution in [1.82, 2.24) is 4.57 Å². The minimum Gasteiger partial charge on any atom is -0.322 e. The van der Waals surface area contributed by atoms with Crippen LogP contribution < -0.4 is 0 Å². The van der Waals surface area contributed by atoms with E-state index in [1.54, 1.807) is 0 Å². The van der Waals surface area contributed by atoms with Gasteiger partial charge in [-0.15, -0.1) is 0 Å². The van der Waals surface area contributed by atoms with E-state index >= 15 is 0 Å². The molecule has 0 N–H and O–H groups in total. The quantitative estimate of drug-likeness (QED) is 0.588. The van der Waals surface area contributed by atoms with Crippen molar-refractivity contribution in [3.63, 3.8) is 0 Å². The van der Waals surface area contributed by atoms with Gasteiger partial charge in [0, 0.05) is 16.3 Å². The first kappa shape index (κ1) is 9.48. The summed E-state index contributed by atoms with van der Waals surface area (Å²) in [6.07, 6.45) is 2.81. The molecule has 0 aromatic rings. The predicted molar refractivity (Wildman–Crippen MR) is 52.2 cm³/mol. The molecule has 62 valence electrons. The smallest absolute Gasteiger partial charge is 0.132 e. The summed E-state index contributed by atoms with van der Waals surface area (Å²) in [7, 11) is 3.44. The summed E-state index contributed by atoms with van der Waals surface area (Å²) in [6, 6.07) is 0.840. The van der Waals surface area contributed by atoms with Gasteiger partial charge in [-0.3, -0.25) is 0 Å². The zero-order valence-corrected chi connectivity index (χ0v) is 9.72. The molecule has 1 rings (SSSR count). The van der Waals surface area contributed by atoms with E-state index in [0.717, 1.165) is 6.04 Å². The number of nitrogens with zero attached hydrogens (tertiary/aromatic N) is 1. The Morgan fingerprint density at radius 3 is 2.64 bits per heavy atom. The van der Waals surface area contributed by atoms with Crippen LogP contribution in [0.2, 0.25) is 11.7 Å². The van der Waals surface area contributed by atoms with Crippen molar-refractivity contribution in [3.8, 4) is 0 Å². The Morgan fingerprint density at radius 2 is 2.27 bits per heavy atom. The average Bonchev–Trinajstić information content (AvgIpc) is 2.33. The fourth-order valence-electron chi connectivity index (χ4n) is 1.71. The van der Waals surface area contributed by atoms with Gasteiger partial charge in [0.2, 0.25) is 0 Å². The highest BCUT2D eigenvalue weighted by atomic mass is 28.3. The van der Waals surface area contributed by atoms with Crippen LogP contribution in [0.3, 0.4) is 0 Å². The molecule has 1 saturated heterocycles. The molecule has 0 aromatic carbocycles. The van der Waals surface area contributed by atoms with Gasteiger partial charge in [-0.2, -0.15) is 0 Å². The van der Waals surface area contributed by atoms with Crippen LogP contribution in [-0.2, 0) is 0 Å². The Kier molecular flexibility index (Phi) is 3.34. The van der Waals surface area contributed by atoms with E-state index in [-0.39, 0.29) is 8.96 Å². The third-order valence-electron chi connectivity index (χ3n) is 2.63. The Hall–Kier alpha value is 0.394. The fourth-order valence-corrected chi connectivity index (χ4v) is 4.04. The molecule has 2 unspecified atom stereocenters. The third kappa shape index (κ3) is 2.16. The minimum absolute atomic E-state index is 0.286. The fraction of sp³-hybridized carbons (Fsp3) is 1.00. The van der Waals surface area contributed by atoms with E-state index in [2.05, 4.69) is 35.2 Å². The maximum atomic E-state index is 3.73. The lowest BCUT2D eigenvalue weighted by Gasteiger charge is -2.29. The second-order valence-electron chi connectivity index (χ2n) is 3.55. The van der Waals surface area contributed by atoms with E-state index in [1.807, 2.05) is 0 Å². The molecule has 0 saturated carbocycles. The van der Waals surface area contributed by atoms with Crippen molar-refractivity contribution < 1.29 is 0 Å². The van der Waals surface area contributed by atoms with Crippen LogP contribution in [0, 0.1) is 0 Å². The van der Waals surface area contributed by atoms with Crippen molar-refractivity contribution in [1.29, 1.82) is 0 Å². The Morgan fingerprint density at radius 1 is 1.64 bits per heavy atom. The van der Waals surface area contributed by atoms with Gasteiger partial charge in [0.1, 0.15) is 8.96 Å². The largest absolute Gasteiger partial charge is 0.322 e. The molecule has 0 aliphatic carbocycles. The lowest BCUT2D eigenvalue weighted by atomic mass is 10.3. The van der Waals surface area contributed by atoms with Crippen LogP contribution in [0.5, 0.6) is 0 Å². The van der Waals surface area contributed by atoms with Crippen molar-refractivity contribution in [2.75, 3.05) is 6.54 Å². The summed E-state index contributed by atoms with van der Waals surface area (Å²) < 4.78 is 2.70. The minimum atomic E-state index is -0.286. The molecular formula is C8H17NSi2. The second-order valence-corrected chi connectivity index (χ2v) is 7.71. The molecule has 1 aliphatic heterocycles. The zero-order valence-electron chi connectivity index (χ0n) is 7.72. The van der Waals surface area contributed by atoms with Gasteiger partial charge in [0.25, 0.3) is 0 Å². The molecule has 1 aliphatic rings. The van der Waals surface area contributed by atoms with Gasteiger partial charge in [0.05, 0.1) is 0 Å². The van der Waals surface area contributed by atoms with Crippen molar-refractivity contribution >= 4 is 19.2 Å². The van der Waals surface area contributed by atoms with Crippen LogP contribution >= 0.6 is 0 Å². The molecule has 4 radical (unpaired) electrons. The van der Waals surface area contributed by atoms with E-state index in [4.69, 9.17) is 0 Å². The highest BCUT2D eigenvalue weighted by Gasteiger charge is 2.27. The highest BCUT2D eigenvalue weighted by Crippen LogP contribution is 2.21. The van der Waals surface area contributed by atoms with E-state index in [0.29, 0.717) is 5.16 Å². The van der Waals surface area contributed by atoms with Crippen molar-refractivity contribution in [2.24, 2.45) is 0 Å². The standard InChI is InChI=1S/C8H17NSi2/c1-7-5-4-6-9(7)11(3)8(2)10/h7-8H,4-6H2,1-3H3. The highest BCUT2D eigenvalue weighted by molar-refractivity contribution is 6.64. The van der Waals surface area contributed by atoms with Crippen LogP contribution in [0.1, 0.15) is 26.7 Å². The average molecular weight is 183 g/mol. The zero-order chi connectivity index (χ0) is 8.43. The monoisotopic (exact) mass is 183 g/mol. The third-order valence-corrected chi connectivity index (χ3v) is 6.71. The first-order valence-corrected chi connectivity index (χ1v) is 7.04. The summed E-state index contributed by atoms with van der Waals surface area (Å²) in [5, 5.41) is 0.709. The molecule has 1 nitrogen and oxygen atoms in total. The van der Waals surface area contributed by atoms with E-state index in [1.165, 1.54) is 19.4 Å². The van der Waals surface area contributed by atoms with E-state index < -0.39 is 0 Å². The molecule has 2 atom stereocenters. The lowest BCUT2D eigenvalue weighted by molar-refractivity contribution is 0.426.